The SMILES string of the molecule is C[C@H](CCCO)[C@H]1CCC2C3CC[C@@H]4CC(O[Si](C)(C)C(C)(C)C)CC[C@]4(C)C3CC[C@@]21C. The molecule has 2 nitrogen and oxygen atoms in total. The molecule has 0 saturated heterocycles. The van der Waals surface area contributed by atoms with Crippen LogP contribution in [-0.2, 0) is 4.43 Å². The predicted molar refractivity (Wildman–Crippen MR) is 143 cm³/mol. The summed E-state index contributed by atoms with van der Waals surface area (Å²) < 4.78 is 6.95. The average Bonchev–Trinajstić information content (AvgIpc) is 3.08. The van der Waals surface area contributed by atoms with Gasteiger partial charge in [-0.2, -0.15) is 0 Å². The highest BCUT2D eigenvalue weighted by atomic mass is 28.4. The molecule has 1 N–H and O–H groups in total. The highest BCUT2D eigenvalue weighted by Crippen LogP contribution is 2.68. The summed E-state index contributed by atoms with van der Waals surface area (Å²) in [6.07, 6.45) is 15.5. The first kappa shape index (κ1) is 26.2. The molecule has 0 aromatic carbocycles. The summed E-state index contributed by atoms with van der Waals surface area (Å²) in [5.74, 6) is 5.42. The second-order valence-corrected chi connectivity index (χ2v) is 19.8. The summed E-state index contributed by atoms with van der Waals surface area (Å²) in [4.78, 5) is 0. The molecule has 0 bridgehead atoms. The molecule has 4 aliphatic carbocycles. The molecule has 9 atom stereocenters. The van der Waals surface area contributed by atoms with Gasteiger partial charge in [0.25, 0.3) is 0 Å². The summed E-state index contributed by atoms with van der Waals surface area (Å²) in [6.45, 7) is 20.3. The van der Waals surface area contributed by atoms with Crippen LogP contribution in [-0.4, -0.2) is 26.1 Å². The molecule has 0 heterocycles. The number of rotatable bonds is 6. The maximum Gasteiger partial charge on any atom is 0.192 e. The fourth-order valence-electron chi connectivity index (χ4n) is 9.51. The van der Waals surface area contributed by atoms with E-state index < -0.39 is 8.32 Å². The maximum atomic E-state index is 9.36. The van der Waals surface area contributed by atoms with E-state index in [9.17, 15) is 5.11 Å². The Morgan fingerprint density at radius 3 is 2.27 bits per heavy atom. The molecular formula is C30H56O2Si. The van der Waals surface area contributed by atoms with Crippen LogP contribution < -0.4 is 0 Å². The quantitative estimate of drug-likeness (QED) is 0.390. The molecule has 4 rings (SSSR count). The van der Waals surface area contributed by atoms with Crippen LogP contribution in [0.3, 0.4) is 0 Å². The third kappa shape index (κ3) is 4.55. The first-order valence-corrected chi connectivity index (χ1v) is 17.5. The van der Waals surface area contributed by atoms with Gasteiger partial charge in [0.2, 0.25) is 0 Å². The van der Waals surface area contributed by atoms with E-state index in [-0.39, 0.29) is 0 Å². The highest BCUT2D eigenvalue weighted by molar-refractivity contribution is 6.74. The van der Waals surface area contributed by atoms with Crippen molar-refractivity contribution in [2.45, 2.75) is 136 Å². The van der Waals surface area contributed by atoms with Gasteiger partial charge in [-0.1, -0.05) is 41.5 Å². The van der Waals surface area contributed by atoms with Crippen LogP contribution >= 0.6 is 0 Å². The van der Waals surface area contributed by atoms with Gasteiger partial charge in [-0.05, 0) is 135 Å². The minimum atomic E-state index is -1.68. The van der Waals surface area contributed by atoms with Gasteiger partial charge in [-0.15, -0.1) is 0 Å². The zero-order chi connectivity index (χ0) is 24.2. The van der Waals surface area contributed by atoms with Crippen molar-refractivity contribution in [2.24, 2.45) is 46.3 Å². The molecular weight excluding hydrogens is 420 g/mol. The van der Waals surface area contributed by atoms with Crippen LogP contribution in [0.1, 0.15) is 112 Å². The summed E-state index contributed by atoms with van der Waals surface area (Å²) in [7, 11) is -1.68. The van der Waals surface area contributed by atoms with Crippen molar-refractivity contribution in [1.29, 1.82) is 0 Å². The van der Waals surface area contributed by atoms with E-state index in [1.807, 2.05) is 0 Å². The summed E-state index contributed by atoms with van der Waals surface area (Å²) >= 11 is 0. The molecule has 33 heavy (non-hydrogen) atoms. The second kappa shape index (κ2) is 9.22. The third-order valence-electron chi connectivity index (χ3n) is 12.5. The Balaban J connectivity index is 1.45. The van der Waals surface area contributed by atoms with Crippen molar-refractivity contribution >= 4 is 8.32 Å². The summed E-state index contributed by atoms with van der Waals surface area (Å²) in [6, 6.07) is 0. The number of aliphatic hydroxyl groups is 1. The molecule has 0 aromatic heterocycles. The van der Waals surface area contributed by atoms with Crippen molar-refractivity contribution in [2.75, 3.05) is 6.61 Å². The second-order valence-electron chi connectivity index (χ2n) is 15.0. The van der Waals surface area contributed by atoms with Crippen LogP contribution in [0.15, 0.2) is 0 Å². The van der Waals surface area contributed by atoms with Gasteiger partial charge in [-0.3, -0.25) is 0 Å². The number of fused-ring (bicyclic) bond motifs is 5. The van der Waals surface area contributed by atoms with E-state index in [1.165, 1.54) is 64.2 Å². The maximum absolute atomic E-state index is 9.36. The Labute approximate surface area is 207 Å². The van der Waals surface area contributed by atoms with Gasteiger partial charge in [0.05, 0.1) is 0 Å². The largest absolute Gasteiger partial charge is 0.414 e. The molecule has 0 aliphatic heterocycles. The molecule has 0 aromatic rings. The van der Waals surface area contributed by atoms with Crippen LogP contribution in [0.4, 0.5) is 0 Å². The Kier molecular flexibility index (Phi) is 7.32. The van der Waals surface area contributed by atoms with Crippen LogP contribution in [0.2, 0.25) is 18.1 Å². The third-order valence-corrected chi connectivity index (χ3v) is 17.0. The van der Waals surface area contributed by atoms with Crippen LogP contribution in [0, 0.1) is 46.3 Å². The molecule has 0 radical (unpaired) electrons. The predicted octanol–water partition coefficient (Wildman–Crippen LogP) is 8.44. The monoisotopic (exact) mass is 476 g/mol. The lowest BCUT2D eigenvalue weighted by molar-refractivity contribution is -0.127. The molecule has 0 spiro atoms. The average molecular weight is 477 g/mol. The van der Waals surface area contributed by atoms with E-state index >= 15 is 0 Å². The minimum Gasteiger partial charge on any atom is -0.414 e. The fraction of sp³-hybridized carbons (Fsp3) is 1.00. The van der Waals surface area contributed by atoms with Crippen molar-refractivity contribution in [3.63, 3.8) is 0 Å². The standard InChI is InChI=1S/C30H56O2Si/c1-21(10-9-19-31)25-13-14-26-24-12-11-22-20-23(32-33(7,8)28(2,3)4)15-17-29(22,5)27(24)16-18-30(25,26)6/h21-27,31H,9-20H2,1-8H3/t21-,22-,23?,24?,25-,26?,27?,29+,30-/m1/s1. The van der Waals surface area contributed by atoms with Gasteiger partial charge in [0.1, 0.15) is 0 Å². The van der Waals surface area contributed by atoms with Crippen molar-refractivity contribution in [3.05, 3.63) is 0 Å². The number of hydrogen-bond donors (Lipinski definition) is 1. The molecule has 4 saturated carbocycles. The first-order valence-electron chi connectivity index (χ1n) is 14.6. The molecule has 0 amide bonds. The number of aliphatic hydroxyl groups excluding tert-OH is 1. The van der Waals surface area contributed by atoms with E-state index in [4.69, 9.17) is 4.43 Å². The van der Waals surface area contributed by atoms with Gasteiger partial charge in [-0.25, -0.2) is 0 Å². The van der Waals surface area contributed by atoms with E-state index in [1.54, 1.807) is 0 Å². The van der Waals surface area contributed by atoms with E-state index in [0.29, 0.717) is 28.6 Å². The van der Waals surface area contributed by atoms with Crippen molar-refractivity contribution in [1.82, 2.24) is 0 Å². The molecule has 3 heteroatoms. The van der Waals surface area contributed by atoms with Gasteiger partial charge < -0.3 is 9.53 Å². The lowest BCUT2D eigenvalue weighted by Crippen LogP contribution is -2.55. The molecule has 4 fully saturated rings. The van der Waals surface area contributed by atoms with Crippen LogP contribution in [0.5, 0.6) is 0 Å². The minimum absolute atomic E-state index is 0.312. The normalized spacial score (nSPS) is 44.6. The highest BCUT2D eigenvalue weighted by Gasteiger charge is 2.60. The topological polar surface area (TPSA) is 29.5 Å². The molecule has 4 unspecified atom stereocenters. The summed E-state index contributed by atoms with van der Waals surface area (Å²) in [5.41, 5.74) is 1.11. The summed E-state index contributed by atoms with van der Waals surface area (Å²) in [5, 5.41) is 9.67. The van der Waals surface area contributed by atoms with Crippen molar-refractivity contribution in [3.8, 4) is 0 Å². The van der Waals surface area contributed by atoms with E-state index in [0.717, 1.165) is 41.9 Å². The molecule has 192 valence electrons. The Morgan fingerprint density at radius 1 is 0.939 bits per heavy atom. The van der Waals surface area contributed by atoms with Gasteiger partial charge in [0.15, 0.2) is 8.32 Å². The fourth-order valence-corrected chi connectivity index (χ4v) is 10.9. The lowest BCUT2D eigenvalue weighted by Gasteiger charge is -2.61. The first-order chi connectivity index (χ1) is 15.3. The Morgan fingerprint density at radius 2 is 1.61 bits per heavy atom. The van der Waals surface area contributed by atoms with Gasteiger partial charge in [0, 0.05) is 12.7 Å². The number of hydrogen-bond acceptors (Lipinski definition) is 2. The zero-order valence-corrected chi connectivity index (χ0v) is 24.4. The van der Waals surface area contributed by atoms with Crippen LogP contribution in [0.25, 0.3) is 0 Å². The Hall–Kier alpha value is 0.137. The lowest BCUT2D eigenvalue weighted by atomic mass is 9.44. The molecule has 4 aliphatic rings. The smallest absolute Gasteiger partial charge is 0.192 e. The van der Waals surface area contributed by atoms with Crippen molar-refractivity contribution < 1.29 is 9.53 Å². The Bertz CT molecular complexity index is 683. The van der Waals surface area contributed by atoms with E-state index in [2.05, 4.69) is 54.6 Å². The zero-order valence-electron chi connectivity index (χ0n) is 23.4. The van der Waals surface area contributed by atoms with Gasteiger partial charge >= 0.3 is 0 Å².